The van der Waals surface area contributed by atoms with Gasteiger partial charge in [-0.3, -0.25) is 4.79 Å². The Labute approximate surface area is 94.1 Å². The molecule has 5 heteroatoms. The molecule has 4 nitrogen and oxygen atoms in total. The summed E-state index contributed by atoms with van der Waals surface area (Å²) in [7, 11) is 0. The molecule has 1 rings (SSSR count). The summed E-state index contributed by atoms with van der Waals surface area (Å²) in [6.07, 6.45) is 2.83. The third kappa shape index (κ3) is 8.08. The van der Waals surface area contributed by atoms with E-state index < -0.39 is 5.97 Å². The quantitative estimate of drug-likeness (QED) is 0.835. The Bertz CT molecular complexity index is 269. The maximum Gasteiger partial charge on any atom is 0.300 e. The van der Waals surface area contributed by atoms with Gasteiger partial charge in [0.1, 0.15) is 5.01 Å². The number of hydrogen-bond donors (Lipinski definition) is 2. The van der Waals surface area contributed by atoms with Crippen molar-refractivity contribution in [1.82, 2.24) is 4.98 Å². The van der Waals surface area contributed by atoms with Gasteiger partial charge in [-0.25, -0.2) is 4.98 Å². The van der Waals surface area contributed by atoms with E-state index in [1.54, 1.807) is 17.5 Å². The standard InChI is InChI=1S/C8H14N2S.C2H4O2/c1-6(2)5-7(9)8-10-3-4-11-8;1-2(3)4/h3-4,6-7H,5,9H2,1-2H3;1H3,(H,3,4). The Morgan fingerprint density at radius 3 is 2.53 bits per heavy atom. The van der Waals surface area contributed by atoms with Crippen molar-refractivity contribution in [2.24, 2.45) is 11.7 Å². The molecule has 86 valence electrons. The first kappa shape index (κ1) is 14.1. The zero-order valence-corrected chi connectivity index (χ0v) is 10.1. The molecule has 15 heavy (non-hydrogen) atoms. The fourth-order valence-corrected chi connectivity index (χ4v) is 1.68. The predicted octanol–water partition coefficient (Wildman–Crippen LogP) is 2.28. The number of aliphatic carboxylic acids is 1. The first-order valence-corrected chi connectivity index (χ1v) is 5.66. The molecule has 1 atom stereocenters. The van der Waals surface area contributed by atoms with Crippen LogP contribution in [-0.4, -0.2) is 16.1 Å². The van der Waals surface area contributed by atoms with Gasteiger partial charge >= 0.3 is 0 Å². The van der Waals surface area contributed by atoms with Gasteiger partial charge in [-0.15, -0.1) is 11.3 Å². The van der Waals surface area contributed by atoms with Crippen molar-refractivity contribution in [2.75, 3.05) is 0 Å². The highest BCUT2D eigenvalue weighted by molar-refractivity contribution is 7.09. The van der Waals surface area contributed by atoms with E-state index in [-0.39, 0.29) is 6.04 Å². The number of carboxylic acids is 1. The highest BCUT2D eigenvalue weighted by atomic mass is 32.1. The van der Waals surface area contributed by atoms with Crippen LogP contribution in [0.5, 0.6) is 0 Å². The van der Waals surface area contributed by atoms with Gasteiger partial charge in [0, 0.05) is 18.5 Å². The minimum atomic E-state index is -0.833. The van der Waals surface area contributed by atoms with Crippen LogP contribution in [0.3, 0.4) is 0 Å². The number of carbonyl (C=O) groups is 1. The number of thiazole rings is 1. The molecule has 0 saturated heterocycles. The van der Waals surface area contributed by atoms with Crippen LogP contribution in [0.1, 0.15) is 38.2 Å². The van der Waals surface area contributed by atoms with Crippen LogP contribution < -0.4 is 5.73 Å². The SMILES string of the molecule is CC(=O)O.CC(C)CC(N)c1nccs1. The van der Waals surface area contributed by atoms with Crippen LogP contribution in [0.25, 0.3) is 0 Å². The van der Waals surface area contributed by atoms with Gasteiger partial charge in [0.2, 0.25) is 0 Å². The van der Waals surface area contributed by atoms with Gasteiger partial charge < -0.3 is 10.8 Å². The van der Waals surface area contributed by atoms with E-state index in [9.17, 15) is 0 Å². The lowest BCUT2D eigenvalue weighted by Gasteiger charge is -2.10. The minimum absolute atomic E-state index is 0.134. The molecule has 1 aromatic rings. The molecule has 0 amide bonds. The molecule has 0 aliphatic rings. The Morgan fingerprint density at radius 2 is 2.20 bits per heavy atom. The first-order chi connectivity index (χ1) is 6.93. The molecule has 0 fully saturated rings. The van der Waals surface area contributed by atoms with Crippen molar-refractivity contribution in [2.45, 2.75) is 33.2 Å². The van der Waals surface area contributed by atoms with E-state index >= 15 is 0 Å². The number of aromatic nitrogens is 1. The van der Waals surface area contributed by atoms with E-state index in [4.69, 9.17) is 15.6 Å². The van der Waals surface area contributed by atoms with Crippen molar-refractivity contribution < 1.29 is 9.90 Å². The van der Waals surface area contributed by atoms with E-state index in [0.29, 0.717) is 5.92 Å². The largest absolute Gasteiger partial charge is 0.481 e. The molecule has 1 unspecified atom stereocenters. The molecule has 0 aromatic carbocycles. The van der Waals surface area contributed by atoms with Gasteiger partial charge in [0.25, 0.3) is 5.97 Å². The zero-order chi connectivity index (χ0) is 11.8. The Kier molecular flexibility index (Phi) is 6.90. The third-order valence-electron chi connectivity index (χ3n) is 1.49. The number of carboxylic acid groups (broad SMARTS) is 1. The van der Waals surface area contributed by atoms with Crippen LogP contribution >= 0.6 is 11.3 Å². The molecule has 0 saturated carbocycles. The normalized spacial score (nSPS) is 11.8. The van der Waals surface area contributed by atoms with Crippen LogP contribution in [0.15, 0.2) is 11.6 Å². The number of nitrogens with two attached hydrogens (primary N) is 1. The third-order valence-corrected chi connectivity index (χ3v) is 2.40. The summed E-state index contributed by atoms with van der Waals surface area (Å²) in [5.41, 5.74) is 5.89. The Hall–Kier alpha value is -0.940. The van der Waals surface area contributed by atoms with E-state index in [2.05, 4.69) is 18.8 Å². The van der Waals surface area contributed by atoms with Crippen LogP contribution in [0, 0.1) is 5.92 Å². The highest BCUT2D eigenvalue weighted by Gasteiger charge is 2.09. The summed E-state index contributed by atoms with van der Waals surface area (Å²) in [5, 5.41) is 10.4. The van der Waals surface area contributed by atoms with Gasteiger partial charge in [-0.2, -0.15) is 0 Å². The lowest BCUT2D eigenvalue weighted by atomic mass is 10.1. The maximum atomic E-state index is 9.00. The average Bonchev–Trinajstić information content (AvgIpc) is 2.52. The maximum absolute atomic E-state index is 9.00. The van der Waals surface area contributed by atoms with E-state index in [1.807, 2.05) is 5.38 Å². The van der Waals surface area contributed by atoms with Crippen LogP contribution in [-0.2, 0) is 4.79 Å². The van der Waals surface area contributed by atoms with Crippen molar-refractivity contribution in [1.29, 1.82) is 0 Å². The average molecular weight is 230 g/mol. The predicted molar refractivity (Wildman–Crippen MR) is 61.8 cm³/mol. The van der Waals surface area contributed by atoms with Crippen molar-refractivity contribution >= 4 is 17.3 Å². The lowest BCUT2D eigenvalue weighted by molar-refractivity contribution is -0.134. The zero-order valence-electron chi connectivity index (χ0n) is 9.30. The fourth-order valence-electron chi connectivity index (χ4n) is 1.03. The first-order valence-electron chi connectivity index (χ1n) is 4.78. The number of rotatable bonds is 3. The molecule has 0 aliphatic carbocycles. The van der Waals surface area contributed by atoms with E-state index in [1.165, 1.54) is 0 Å². The minimum Gasteiger partial charge on any atom is -0.481 e. The van der Waals surface area contributed by atoms with Gasteiger partial charge in [-0.05, 0) is 12.3 Å². The second kappa shape index (κ2) is 7.36. The van der Waals surface area contributed by atoms with Crippen LogP contribution in [0.4, 0.5) is 0 Å². The van der Waals surface area contributed by atoms with Gasteiger partial charge in [0.15, 0.2) is 0 Å². The fraction of sp³-hybridized carbons (Fsp3) is 0.600. The second-order valence-corrected chi connectivity index (χ2v) is 4.55. The molecule has 3 N–H and O–H groups in total. The molecular weight excluding hydrogens is 212 g/mol. The van der Waals surface area contributed by atoms with Crippen molar-refractivity contribution in [3.05, 3.63) is 16.6 Å². The second-order valence-electron chi connectivity index (χ2n) is 3.63. The van der Waals surface area contributed by atoms with Gasteiger partial charge in [-0.1, -0.05) is 13.8 Å². The smallest absolute Gasteiger partial charge is 0.300 e. The monoisotopic (exact) mass is 230 g/mol. The van der Waals surface area contributed by atoms with Crippen molar-refractivity contribution in [3.8, 4) is 0 Å². The summed E-state index contributed by atoms with van der Waals surface area (Å²) in [4.78, 5) is 13.2. The highest BCUT2D eigenvalue weighted by Crippen LogP contribution is 2.19. The molecule has 0 spiro atoms. The summed E-state index contributed by atoms with van der Waals surface area (Å²) in [6.45, 7) is 5.43. The Balaban J connectivity index is 0.000000423. The number of nitrogens with zero attached hydrogens (tertiary/aromatic N) is 1. The topological polar surface area (TPSA) is 76.2 Å². The molecule has 0 bridgehead atoms. The number of hydrogen-bond acceptors (Lipinski definition) is 4. The molecular formula is C10H18N2O2S. The van der Waals surface area contributed by atoms with E-state index in [0.717, 1.165) is 18.4 Å². The molecule has 1 heterocycles. The summed E-state index contributed by atoms with van der Waals surface area (Å²) < 4.78 is 0. The molecule has 1 aromatic heterocycles. The summed E-state index contributed by atoms with van der Waals surface area (Å²) in [6, 6.07) is 0.134. The summed E-state index contributed by atoms with van der Waals surface area (Å²) >= 11 is 1.64. The van der Waals surface area contributed by atoms with Gasteiger partial charge in [0.05, 0.1) is 6.04 Å². The van der Waals surface area contributed by atoms with Crippen LogP contribution in [0.2, 0.25) is 0 Å². The van der Waals surface area contributed by atoms with Crippen molar-refractivity contribution in [3.63, 3.8) is 0 Å². The lowest BCUT2D eigenvalue weighted by Crippen LogP contribution is -2.12. The molecule has 0 radical (unpaired) electrons. The Morgan fingerprint density at radius 1 is 1.67 bits per heavy atom. The summed E-state index contributed by atoms with van der Waals surface area (Å²) in [5.74, 6) is -0.186. The molecule has 0 aliphatic heterocycles.